The fourth-order valence-corrected chi connectivity index (χ4v) is 2.22. The maximum absolute atomic E-state index is 14.0. The highest BCUT2D eigenvalue weighted by molar-refractivity contribution is 6.39. The van der Waals surface area contributed by atoms with Gasteiger partial charge in [0, 0.05) is 5.69 Å². The van der Waals surface area contributed by atoms with Crippen molar-refractivity contribution in [3.8, 4) is 0 Å². The smallest absolute Gasteiger partial charge is 0.340 e. The van der Waals surface area contributed by atoms with Gasteiger partial charge in [-0.05, 0) is 24.3 Å². The van der Waals surface area contributed by atoms with Gasteiger partial charge in [0.2, 0.25) is 0 Å². The van der Waals surface area contributed by atoms with E-state index in [1.165, 1.54) is 13.2 Å². The number of nitrogens with two attached hydrogens (primary N) is 1. The lowest BCUT2D eigenvalue weighted by Gasteiger charge is -2.13. The highest BCUT2D eigenvalue weighted by Gasteiger charge is 2.16. The Morgan fingerprint density at radius 3 is 2.48 bits per heavy atom. The number of benzene rings is 2. The van der Waals surface area contributed by atoms with E-state index in [4.69, 9.17) is 28.9 Å². The molecule has 0 heterocycles. The number of methoxy groups -OCH3 is 1. The van der Waals surface area contributed by atoms with Crippen LogP contribution < -0.4 is 11.1 Å². The van der Waals surface area contributed by atoms with Crippen LogP contribution in [-0.2, 0) is 4.74 Å². The van der Waals surface area contributed by atoms with Gasteiger partial charge in [-0.1, -0.05) is 29.3 Å². The molecule has 4 nitrogen and oxygen atoms in total. The summed E-state index contributed by atoms with van der Waals surface area (Å²) in [5.74, 6) is -1.31. The summed E-state index contributed by atoms with van der Waals surface area (Å²) >= 11 is 12.0. The number of carbonyl (C=O) groups excluding carboxylic acids is 1. The molecule has 0 bridgehead atoms. The fourth-order valence-electron chi connectivity index (χ4n) is 1.72. The van der Waals surface area contributed by atoms with Crippen molar-refractivity contribution in [3.63, 3.8) is 0 Å². The summed E-state index contributed by atoms with van der Waals surface area (Å²) in [6.07, 6.45) is 0. The number of halogens is 3. The second kappa shape index (κ2) is 6.20. The lowest BCUT2D eigenvalue weighted by molar-refractivity contribution is 0.0602. The number of ether oxygens (including phenoxy) is 1. The minimum Gasteiger partial charge on any atom is -0.465 e. The first kappa shape index (κ1) is 15.4. The normalized spacial score (nSPS) is 10.3. The third kappa shape index (κ3) is 3.20. The van der Waals surface area contributed by atoms with Gasteiger partial charge < -0.3 is 15.8 Å². The van der Waals surface area contributed by atoms with Gasteiger partial charge in [-0.25, -0.2) is 9.18 Å². The largest absolute Gasteiger partial charge is 0.465 e. The third-order valence-electron chi connectivity index (χ3n) is 2.77. The summed E-state index contributed by atoms with van der Waals surface area (Å²) in [5.41, 5.74) is 5.97. The summed E-state index contributed by atoms with van der Waals surface area (Å²) < 4.78 is 18.6. The summed E-state index contributed by atoms with van der Waals surface area (Å²) in [4.78, 5) is 11.6. The summed E-state index contributed by atoms with van der Waals surface area (Å²) in [6.45, 7) is 0. The van der Waals surface area contributed by atoms with Crippen molar-refractivity contribution < 1.29 is 13.9 Å². The molecule has 0 radical (unpaired) electrons. The summed E-state index contributed by atoms with van der Waals surface area (Å²) in [7, 11) is 1.21. The van der Waals surface area contributed by atoms with Crippen molar-refractivity contribution >= 4 is 46.2 Å². The van der Waals surface area contributed by atoms with Crippen LogP contribution in [0.25, 0.3) is 0 Å². The van der Waals surface area contributed by atoms with E-state index in [1.807, 2.05) is 0 Å². The molecule has 2 aromatic carbocycles. The van der Waals surface area contributed by atoms with E-state index in [1.54, 1.807) is 18.2 Å². The van der Waals surface area contributed by atoms with Crippen LogP contribution in [0.1, 0.15) is 10.4 Å². The van der Waals surface area contributed by atoms with Gasteiger partial charge in [-0.2, -0.15) is 0 Å². The van der Waals surface area contributed by atoms with Crippen molar-refractivity contribution in [1.82, 2.24) is 0 Å². The van der Waals surface area contributed by atoms with Gasteiger partial charge in [0.15, 0.2) is 0 Å². The van der Waals surface area contributed by atoms with Crippen molar-refractivity contribution in [2.75, 3.05) is 18.2 Å². The van der Waals surface area contributed by atoms with Crippen LogP contribution in [0.3, 0.4) is 0 Å². The predicted octanol–water partition coefficient (Wildman–Crippen LogP) is 4.24. The Bertz CT molecular complexity index is 687. The molecular weight excluding hydrogens is 318 g/mol. The molecule has 0 aliphatic rings. The zero-order valence-corrected chi connectivity index (χ0v) is 12.4. The van der Waals surface area contributed by atoms with E-state index in [0.717, 1.165) is 6.07 Å². The van der Waals surface area contributed by atoms with Gasteiger partial charge in [-0.15, -0.1) is 0 Å². The standard InChI is InChI=1S/C14H11Cl2FN2O2/c1-21-14(20)7-5-12(10(17)6-11(7)18)19-13-8(15)3-2-4-9(13)16/h2-6,19H,18H2,1H3. The van der Waals surface area contributed by atoms with Crippen molar-refractivity contribution in [2.24, 2.45) is 0 Å². The Balaban J connectivity index is 2.47. The van der Waals surface area contributed by atoms with Gasteiger partial charge in [0.1, 0.15) is 5.82 Å². The Hall–Kier alpha value is -1.98. The first-order chi connectivity index (χ1) is 9.93. The number of hydrogen-bond acceptors (Lipinski definition) is 4. The Morgan fingerprint density at radius 1 is 1.29 bits per heavy atom. The van der Waals surface area contributed by atoms with Crippen LogP contribution in [0.4, 0.5) is 21.5 Å². The van der Waals surface area contributed by atoms with Gasteiger partial charge in [-0.3, -0.25) is 0 Å². The highest BCUT2D eigenvalue weighted by atomic mass is 35.5. The Morgan fingerprint density at radius 2 is 1.90 bits per heavy atom. The van der Waals surface area contributed by atoms with E-state index in [0.29, 0.717) is 15.7 Å². The number of hydrogen-bond donors (Lipinski definition) is 2. The third-order valence-corrected chi connectivity index (χ3v) is 3.40. The van der Waals surface area contributed by atoms with E-state index in [9.17, 15) is 9.18 Å². The zero-order valence-electron chi connectivity index (χ0n) is 10.9. The Labute approximate surface area is 130 Å². The molecule has 0 unspecified atom stereocenters. The van der Waals surface area contributed by atoms with Crippen LogP contribution in [0, 0.1) is 5.82 Å². The first-order valence-electron chi connectivity index (χ1n) is 5.82. The molecule has 2 rings (SSSR count). The Kier molecular flexibility index (Phi) is 4.55. The van der Waals surface area contributed by atoms with Gasteiger partial charge in [0.05, 0.1) is 34.1 Å². The maximum Gasteiger partial charge on any atom is 0.340 e. The molecule has 110 valence electrons. The molecule has 0 atom stereocenters. The quantitative estimate of drug-likeness (QED) is 0.653. The van der Waals surface area contributed by atoms with Crippen LogP contribution in [0.2, 0.25) is 10.0 Å². The lowest BCUT2D eigenvalue weighted by atomic mass is 10.1. The fraction of sp³-hybridized carbons (Fsp3) is 0.0714. The van der Waals surface area contributed by atoms with Crippen molar-refractivity contribution in [2.45, 2.75) is 0 Å². The molecule has 0 saturated heterocycles. The average molecular weight is 329 g/mol. The molecular formula is C14H11Cl2FN2O2. The van der Waals surface area contributed by atoms with Crippen LogP contribution in [0.15, 0.2) is 30.3 Å². The van der Waals surface area contributed by atoms with Crippen molar-refractivity contribution in [1.29, 1.82) is 0 Å². The number of rotatable bonds is 3. The number of anilines is 3. The lowest BCUT2D eigenvalue weighted by Crippen LogP contribution is -2.08. The van der Waals surface area contributed by atoms with E-state index >= 15 is 0 Å². The molecule has 0 fully saturated rings. The second-order valence-corrected chi connectivity index (χ2v) is 4.95. The minimum absolute atomic E-state index is 0.0135. The first-order valence-corrected chi connectivity index (χ1v) is 6.58. The molecule has 0 aliphatic carbocycles. The number of para-hydroxylation sites is 1. The van der Waals surface area contributed by atoms with Crippen LogP contribution in [-0.4, -0.2) is 13.1 Å². The molecule has 0 aliphatic heterocycles. The van der Waals surface area contributed by atoms with Gasteiger partial charge in [0.25, 0.3) is 0 Å². The summed E-state index contributed by atoms with van der Waals surface area (Å²) in [5, 5.41) is 3.39. The predicted molar refractivity (Wildman–Crippen MR) is 81.9 cm³/mol. The van der Waals surface area contributed by atoms with Crippen LogP contribution in [0.5, 0.6) is 0 Å². The average Bonchev–Trinajstić information content (AvgIpc) is 2.44. The molecule has 2 aromatic rings. The topological polar surface area (TPSA) is 64.3 Å². The molecule has 3 N–H and O–H groups in total. The maximum atomic E-state index is 14.0. The number of carbonyl (C=O) groups is 1. The van der Waals surface area contributed by atoms with Gasteiger partial charge >= 0.3 is 5.97 Å². The van der Waals surface area contributed by atoms with E-state index in [-0.39, 0.29) is 16.9 Å². The minimum atomic E-state index is -0.666. The monoisotopic (exact) mass is 328 g/mol. The van der Waals surface area contributed by atoms with E-state index in [2.05, 4.69) is 10.1 Å². The highest BCUT2D eigenvalue weighted by Crippen LogP contribution is 2.34. The summed E-state index contributed by atoms with van der Waals surface area (Å²) in [6, 6.07) is 7.14. The molecule has 0 saturated carbocycles. The molecule has 0 amide bonds. The zero-order chi connectivity index (χ0) is 15.6. The van der Waals surface area contributed by atoms with Crippen molar-refractivity contribution in [3.05, 3.63) is 51.8 Å². The molecule has 7 heteroatoms. The number of esters is 1. The second-order valence-electron chi connectivity index (χ2n) is 4.13. The SMILES string of the molecule is COC(=O)c1cc(Nc2c(Cl)cccc2Cl)c(F)cc1N. The molecule has 0 aromatic heterocycles. The van der Waals surface area contributed by atoms with Crippen LogP contribution >= 0.6 is 23.2 Å². The molecule has 21 heavy (non-hydrogen) atoms. The number of nitrogen functional groups attached to an aromatic ring is 1. The number of nitrogens with one attached hydrogen (secondary N) is 1. The van der Waals surface area contributed by atoms with E-state index < -0.39 is 11.8 Å². The molecule has 0 spiro atoms.